The van der Waals surface area contributed by atoms with Crippen molar-refractivity contribution in [2.45, 2.75) is 6.61 Å². The van der Waals surface area contributed by atoms with Gasteiger partial charge >= 0.3 is 0 Å². The maximum absolute atomic E-state index is 11.8. The van der Waals surface area contributed by atoms with E-state index in [2.05, 4.69) is 9.97 Å². The molecular formula is C12H11IN2O2. The molecule has 0 bridgehead atoms. The standard InChI is InChI=1S/C12H11IN2O2/c1-17-7-9-10(13)12(16)15-11(14-9)8-5-3-2-4-6-8/h2-6H,7H2,1H3,(H,14,15,16). The van der Waals surface area contributed by atoms with Gasteiger partial charge in [0.1, 0.15) is 9.39 Å². The van der Waals surface area contributed by atoms with Crippen LogP contribution in [0.5, 0.6) is 0 Å². The fraction of sp³-hybridized carbons (Fsp3) is 0.167. The average molecular weight is 342 g/mol. The van der Waals surface area contributed by atoms with Crippen molar-refractivity contribution in [1.29, 1.82) is 0 Å². The summed E-state index contributed by atoms with van der Waals surface area (Å²) in [6.45, 7) is 0.335. The smallest absolute Gasteiger partial charge is 0.264 e. The van der Waals surface area contributed by atoms with Gasteiger partial charge in [-0.25, -0.2) is 4.98 Å². The Morgan fingerprint density at radius 2 is 2.06 bits per heavy atom. The van der Waals surface area contributed by atoms with Crippen LogP contribution in [0.15, 0.2) is 35.1 Å². The lowest BCUT2D eigenvalue weighted by Gasteiger charge is -2.05. The molecule has 4 nitrogen and oxygen atoms in total. The summed E-state index contributed by atoms with van der Waals surface area (Å²) in [6, 6.07) is 9.54. The first-order chi connectivity index (χ1) is 8.22. The lowest BCUT2D eigenvalue weighted by atomic mass is 10.2. The minimum Gasteiger partial charge on any atom is -0.378 e. The fourth-order valence-electron chi connectivity index (χ4n) is 1.47. The zero-order valence-corrected chi connectivity index (χ0v) is 11.4. The molecule has 0 fully saturated rings. The largest absolute Gasteiger partial charge is 0.378 e. The van der Waals surface area contributed by atoms with E-state index in [9.17, 15) is 4.79 Å². The number of nitrogens with zero attached hydrogens (tertiary/aromatic N) is 1. The number of methoxy groups -OCH3 is 1. The molecule has 0 saturated heterocycles. The van der Waals surface area contributed by atoms with Crippen molar-refractivity contribution < 1.29 is 4.74 Å². The molecule has 1 N–H and O–H groups in total. The summed E-state index contributed by atoms with van der Waals surface area (Å²) < 4.78 is 5.61. The predicted octanol–water partition coefficient (Wildman–Crippen LogP) is 2.19. The molecule has 2 aromatic rings. The lowest BCUT2D eigenvalue weighted by molar-refractivity contribution is 0.180. The van der Waals surface area contributed by atoms with Gasteiger partial charge in [-0.2, -0.15) is 0 Å². The van der Waals surface area contributed by atoms with Crippen LogP contribution in [0, 0.1) is 3.57 Å². The number of H-pyrrole nitrogens is 1. The van der Waals surface area contributed by atoms with Gasteiger partial charge in [0.15, 0.2) is 0 Å². The number of hydrogen-bond acceptors (Lipinski definition) is 3. The van der Waals surface area contributed by atoms with Gasteiger partial charge in [-0.1, -0.05) is 30.3 Å². The highest BCUT2D eigenvalue weighted by Gasteiger charge is 2.09. The molecule has 0 spiro atoms. The van der Waals surface area contributed by atoms with Crippen LogP contribution in [0.2, 0.25) is 0 Å². The van der Waals surface area contributed by atoms with Gasteiger partial charge in [0.05, 0.1) is 12.3 Å². The third kappa shape index (κ3) is 2.73. The predicted molar refractivity (Wildman–Crippen MR) is 73.7 cm³/mol. The average Bonchev–Trinajstić information content (AvgIpc) is 2.36. The van der Waals surface area contributed by atoms with Crippen LogP contribution in [-0.4, -0.2) is 17.1 Å². The van der Waals surface area contributed by atoms with Gasteiger partial charge in [0.2, 0.25) is 0 Å². The number of ether oxygens (including phenoxy) is 1. The van der Waals surface area contributed by atoms with Crippen molar-refractivity contribution >= 4 is 22.6 Å². The second kappa shape index (κ2) is 5.42. The van der Waals surface area contributed by atoms with E-state index in [1.165, 1.54) is 0 Å². The van der Waals surface area contributed by atoms with Gasteiger partial charge in [0.25, 0.3) is 5.56 Å². The summed E-state index contributed by atoms with van der Waals surface area (Å²) >= 11 is 1.98. The number of benzene rings is 1. The van der Waals surface area contributed by atoms with Crippen LogP contribution in [-0.2, 0) is 11.3 Å². The van der Waals surface area contributed by atoms with Crippen LogP contribution < -0.4 is 5.56 Å². The minimum atomic E-state index is -0.133. The molecule has 5 heteroatoms. The lowest BCUT2D eigenvalue weighted by Crippen LogP contribution is -2.16. The molecule has 0 atom stereocenters. The van der Waals surface area contributed by atoms with Crippen molar-refractivity contribution in [3.05, 3.63) is 49.9 Å². The van der Waals surface area contributed by atoms with Crippen LogP contribution in [0.3, 0.4) is 0 Å². The summed E-state index contributed by atoms with van der Waals surface area (Å²) in [7, 11) is 1.58. The Balaban J connectivity index is 2.53. The van der Waals surface area contributed by atoms with E-state index in [4.69, 9.17) is 4.74 Å². The van der Waals surface area contributed by atoms with E-state index in [1.54, 1.807) is 7.11 Å². The molecule has 2 rings (SSSR count). The molecule has 0 aliphatic rings. The summed E-state index contributed by atoms with van der Waals surface area (Å²) in [5, 5.41) is 0. The first-order valence-electron chi connectivity index (χ1n) is 5.05. The van der Waals surface area contributed by atoms with Crippen molar-refractivity contribution in [2.75, 3.05) is 7.11 Å². The number of aromatic nitrogens is 2. The molecule has 0 amide bonds. The number of nitrogens with one attached hydrogen (secondary N) is 1. The molecule has 1 aromatic carbocycles. The van der Waals surface area contributed by atoms with Crippen LogP contribution >= 0.6 is 22.6 Å². The molecule has 1 heterocycles. The highest BCUT2D eigenvalue weighted by atomic mass is 127. The summed E-state index contributed by atoms with van der Waals surface area (Å²) in [5.41, 5.74) is 1.42. The third-order valence-electron chi connectivity index (χ3n) is 2.26. The molecule has 88 valence electrons. The monoisotopic (exact) mass is 342 g/mol. The summed E-state index contributed by atoms with van der Waals surface area (Å²) in [4.78, 5) is 18.9. The van der Waals surface area contributed by atoms with E-state index in [1.807, 2.05) is 52.9 Å². The van der Waals surface area contributed by atoms with E-state index >= 15 is 0 Å². The Bertz CT molecular complexity index is 566. The zero-order chi connectivity index (χ0) is 12.3. The van der Waals surface area contributed by atoms with Crippen LogP contribution in [0.25, 0.3) is 11.4 Å². The van der Waals surface area contributed by atoms with Crippen molar-refractivity contribution in [2.24, 2.45) is 0 Å². The van der Waals surface area contributed by atoms with E-state index in [-0.39, 0.29) is 5.56 Å². The van der Waals surface area contributed by atoms with Crippen molar-refractivity contribution in [3.8, 4) is 11.4 Å². The van der Waals surface area contributed by atoms with Gasteiger partial charge in [-0.05, 0) is 22.6 Å². The van der Waals surface area contributed by atoms with Gasteiger partial charge in [-0.3, -0.25) is 4.79 Å². The Morgan fingerprint density at radius 3 is 2.71 bits per heavy atom. The minimum absolute atomic E-state index is 0.133. The third-order valence-corrected chi connectivity index (χ3v) is 3.37. The summed E-state index contributed by atoms with van der Waals surface area (Å²) in [6.07, 6.45) is 0. The number of hydrogen-bond donors (Lipinski definition) is 1. The van der Waals surface area contributed by atoms with Crippen LogP contribution in [0.1, 0.15) is 5.69 Å². The zero-order valence-electron chi connectivity index (χ0n) is 9.24. The number of halogens is 1. The SMILES string of the molecule is COCc1nc(-c2ccccc2)[nH]c(=O)c1I. The number of rotatable bonds is 3. The Kier molecular flexibility index (Phi) is 3.90. The highest BCUT2D eigenvalue weighted by Crippen LogP contribution is 2.15. The molecule has 0 saturated carbocycles. The quantitative estimate of drug-likeness (QED) is 0.870. The Hall–Kier alpha value is -1.21. The molecule has 0 radical (unpaired) electrons. The van der Waals surface area contributed by atoms with Crippen molar-refractivity contribution in [3.63, 3.8) is 0 Å². The van der Waals surface area contributed by atoms with Gasteiger partial charge in [-0.15, -0.1) is 0 Å². The normalized spacial score (nSPS) is 10.5. The summed E-state index contributed by atoms with van der Waals surface area (Å²) in [5.74, 6) is 0.572. The fourth-order valence-corrected chi connectivity index (χ4v) is 1.88. The molecule has 0 unspecified atom stereocenters. The first kappa shape index (κ1) is 12.3. The molecular weight excluding hydrogens is 331 g/mol. The Morgan fingerprint density at radius 1 is 1.35 bits per heavy atom. The van der Waals surface area contributed by atoms with E-state index in [0.29, 0.717) is 21.7 Å². The molecule has 1 aromatic heterocycles. The Labute approximate surface area is 112 Å². The number of aromatic amines is 1. The molecule has 17 heavy (non-hydrogen) atoms. The van der Waals surface area contributed by atoms with Crippen molar-refractivity contribution in [1.82, 2.24) is 9.97 Å². The molecule has 0 aliphatic heterocycles. The maximum Gasteiger partial charge on any atom is 0.264 e. The molecule has 0 aliphatic carbocycles. The second-order valence-corrected chi connectivity index (χ2v) is 4.55. The van der Waals surface area contributed by atoms with Crippen LogP contribution in [0.4, 0.5) is 0 Å². The maximum atomic E-state index is 11.8. The highest BCUT2D eigenvalue weighted by molar-refractivity contribution is 14.1. The second-order valence-electron chi connectivity index (χ2n) is 3.47. The van der Waals surface area contributed by atoms with Gasteiger partial charge < -0.3 is 9.72 Å². The topological polar surface area (TPSA) is 55.0 Å². The van der Waals surface area contributed by atoms with E-state index < -0.39 is 0 Å². The van der Waals surface area contributed by atoms with Gasteiger partial charge in [0, 0.05) is 12.7 Å². The van der Waals surface area contributed by atoms with E-state index in [0.717, 1.165) is 5.56 Å². The first-order valence-corrected chi connectivity index (χ1v) is 6.13.